The molecular formula is C17H23N3O3S. The van der Waals surface area contributed by atoms with Crippen LogP contribution in [0.15, 0.2) is 41.4 Å². The SMILES string of the molecule is COc1ccc(S(=O)(=O)Nc2ccc(NCC(C)C)cn2)c(C)c1. The van der Waals surface area contributed by atoms with Gasteiger partial charge in [-0.25, -0.2) is 13.4 Å². The third-order valence-electron chi connectivity index (χ3n) is 3.39. The summed E-state index contributed by atoms with van der Waals surface area (Å²) in [5.41, 5.74) is 1.46. The second-order valence-electron chi connectivity index (χ2n) is 5.94. The Morgan fingerprint density at radius 2 is 1.96 bits per heavy atom. The van der Waals surface area contributed by atoms with E-state index in [-0.39, 0.29) is 10.7 Å². The highest BCUT2D eigenvalue weighted by Crippen LogP contribution is 2.23. The smallest absolute Gasteiger partial charge is 0.263 e. The van der Waals surface area contributed by atoms with E-state index in [9.17, 15) is 8.42 Å². The number of aryl methyl sites for hydroxylation is 1. The van der Waals surface area contributed by atoms with Gasteiger partial charge in [0.15, 0.2) is 0 Å². The van der Waals surface area contributed by atoms with Gasteiger partial charge in [-0.15, -0.1) is 0 Å². The molecular weight excluding hydrogens is 326 g/mol. The molecule has 24 heavy (non-hydrogen) atoms. The van der Waals surface area contributed by atoms with Gasteiger partial charge in [0, 0.05) is 6.54 Å². The first kappa shape index (κ1) is 18.1. The van der Waals surface area contributed by atoms with Gasteiger partial charge in [0.05, 0.1) is 23.9 Å². The summed E-state index contributed by atoms with van der Waals surface area (Å²) in [6, 6.07) is 8.26. The van der Waals surface area contributed by atoms with E-state index in [1.54, 1.807) is 44.5 Å². The average Bonchev–Trinajstić information content (AvgIpc) is 2.53. The first-order chi connectivity index (χ1) is 11.3. The Hall–Kier alpha value is -2.28. The Bertz CT molecular complexity index is 787. The van der Waals surface area contributed by atoms with E-state index < -0.39 is 10.0 Å². The monoisotopic (exact) mass is 349 g/mol. The molecule has 7 heteroatoms. The molecule has 0 saturated heterocycles. The van der Waals surface area contributed by atoms with Crippen LogP contribution >= 0.6 is 0 Å². The van der Waals surface area contributed by atoms with Gasteiger partial charge in [0.2, 0.25) is 0 Å². The maximum absolute atomic E-state index is 12.5. The maximum atomic E-state index is 12.5. The molecule has 1 heterocycles. The van der Waals surface area contributed by atoms with E-state index in [0.29, 0.717) is 17.2 Å². The standard InChI is InChI=1S/C17H23N3O3S/c1-12(2)10-18-14-5-8-17(19-11-14)20-24(21,22)16-7-6-15(23-4)9-13(16)3/h5-9,11-12,18H,10H2,1-4H3,(H,19,20). The lowest BCUT2D eigenvalue weighted by Crippen LogP contribution is -2.15. The van der Waals surface area contributed by atoms with Crippen molar-refractivity contribution in [1.29, 1.82) is 0 Å². The molecule has 0 unspecified atom stereocenters. The lowest BCUT2D eigenvalue weighted by atomic mass is 10.2. The third-order valence-corrected chi connectivity index (χ3v) is 4.90. The van der Waals surface area contributed by atoms with Crippen LogP contribution in [0.2, 0.25) is 0 Å². The molecule has 2 rings (SSSR count). The van der Waals surface area contributed by atoms with Crippen molar-refractivity contribution >= 4 is 21.5 Å². The molecule has 0 aliphatic rings. The number of methoxy groups -OCH3 is 1. The van der Waals surface area contributed by atoms with Crippen molar-refractivity contribution in [2.75, 3.05) is 23.7 Å². The average molecular weight is 349 g/mol. The molecule has 130 valence electrons. The highest BCUT2D eigenvalue weighted by molar-refractivity contribution is 7.92. The Morgan fingerprint density at radius 3 is 2.50 bits per heavy atom. The van der Waals surface area contributed by atoms with Gasteiger partial charge in [0.1, 0.15) is 11.6 Å². The number of nitrogens with one attached hydrogen (secondary N) is 2. The topological polar surface area (TPSA) is 80.3 Å². The Balaban J connectivity index is 2.14. The van der Waals surface area contributed by atoms with Crippen molar-refractivity contribution in [3.05, 3.63) is 42.1 Å². The first-order valence-electron chi connectivity index (χ1n) is 7.69. The van der Waals surface area contributed by atoms with E-state index in [1.807, 2.05) is 0 Å². The number of benzene rings is 1. The fourth-order valence-electron chi connectivity index (χ4n) is 2.12. The van der Waals surface area contributed by atoms with Crippen LogP contribution in [0.5, 0.6) is 5.75 Å². The summed E-state index contributed by atoms with van der Waals surface area (Å²) >= 11 is 0. The van der Waals surface area contributed by atoms with Crippen molar-refractivity contribution in [3.8, 4) is 5.75 Å². The number of pyridine rings is 1. The number of aromatic nitrogens is 1. The zero-order valence-corrected chi connectivity index (χ0v) is 15.1. The van der Waals surface area contributed by atoms with Crippen LogP contribution in [0.25, 0.3) is 0 Å². The molecule has 0 atom stereocenters. The van der Waals surface area contributed by atoms with E-state index in [1.165, 1.54) is 6.07 Å². The van der Waals surface area contributed by atoms with Gasteiger partial charge in [-0.3, -0.25) is 4.72 Å². The van der Waals surface area contributed by atoms with Crippen molar-refractivity contribution in [3.63, 3.8) is 0 Å². The molecule has 0 spiro atoms. The van der Waals surface area contributed by atoms with Gasteiger partial charge in [-0.05, 0) is 48.7 Å². The summed E-state index contributed by atoms with van der Waals surface area (Å²) in [6.45, 7) is 6.78. The van der Waals surface area contributed by atoms with Crippen LogP contribution in [-0.4, -0.2) is 27.1 Å². The zero-order valence-electron chi connectivity index (χ0n) is 14.3. The minimum Gasteiger partial charge on any atom is -0.497 e. The molecule has 0 bridgehead atoms. The highest BCUT2D eigenvalue weighted by atomic mass is 32.2. The summed E-state index contributed by atoms with van der Waals surface area (Å²) in [5, 5.41) is 3.23. The first-order valence-corrected chi connectivity index (χ1v) is 9.17. The lowest BCUT2D eigenvalue weighted by molar-refractivity contribution is 0.414. The molecule has 0 saturated carbocycles. The van der Waals surface area contributed by atoms with Crippen molar-refractivity contribution in [2.24, 2.45) is 5.92 Å². The number of rotatable bonds is 7. The molecule has 0 aliphatic carbocycles. The number of hydrogen-bond donors (Lipinski definition) is 2. The van der Waals surface area contributed by atoms with Crippen molar-refractivity contribution < 1.29 is 13.2 Å². The molecule has 1 aromatic heterocycles. The predicted molar refractivity (Wildman–Crippen MR) is 96.1 cm³/mol. The minimum absolute atomic E-state index is 0.201. The molecule has 6 nitrogen and oxygen atoms in total. The molecule has 0 fully saturated rings. The van der Waals surface area contributed by atoms with E-state index >= 15 is 0 Å². The van der Waals surface area contributed by atoms with Gasteiger partial charge in [-0.1, -0.05) is 13.8 Å². The Kier molecular flexibility index (Phi) is 5.66. The van der Waals surface area contributed by atoms with Crippen LogP contribution in [-0.2, 0) is 10.0 Å². The number of ether oxygens (including phenoxy) is 1. The molecule has 0 radical (unpaired) electrons. The van der Waals surface area contributed by atoms with Crippen LogP contribution in [0.4, 0.5) is 11.5 Å². The number of nitrogens with zero attached hydrogens (tertiary/aromatic N) is 1. The van der Waals surface area contributed by atoms with Crippen LogP contribution in [0, 0.1) is 12.8 Å². The lowest BCUT2D eigenvalue weighted by Gasteiger charge is -2.12. The molecule has 2 N–H and O–H groups in total. The molecule has 0 aliphatic heterocycles. The van der Waals surface area contributed by atoms with Crippen molar-refractivity contribution in [1.82, 2.24) is 4.98 Å². The van der Waals surface area contributed by atoms with Crippen LogP contribution in [0.3, 0.4) is 0 Å². The van der Waals surface area contributed by atoms with Crippen LogP contribution < -0.4 is 14.8 Å². The second-order valence-corrected chi connectivity index (χ2v) is 7.59. The number of sulfonamides is 1. The maximum Gasteiger partial charge on any atom is 0.263 e. The molecule has 1 aromatic carbocycles. The fourth-order valence-corrected chi connectivity index (χ4v) is 3.36. The van der Waals surface area contributed by atoms with Gasteiger partial charge in [-0.2, -0.15) is 0 Å². The van der Waals surface area contributed by atoms with E-state index in [0.717, 1.165) is 12.2 Å². The summed E-state index contributed by atoms with van der Waals surface area (Å²) in [5.74, 6) is 1.41. The summed E-state index contributed by atoms with van der Waals surface area (Å²) in [6.07, 6.45) is 1.61. The number of anilines is 2. The second kappa shape index (κ2) is 7.53. The molecule has 0 amide bonds. The van der Waals surface area contributed by atoms with Crippen LogP contribution in [0.1, 0.15) is 19.4 Å². The van der Waals surface area contributed by atoms with Crippen molar-refractivity contribution in [2.45, 2.75) is 25.7 Å². The van der Waals surface area contributed by atoms with Gasteiger partial charge < -0.3 is 10.1 Å². The predicted octanol–water partition coefficient (Wildman–Crippen LogP) is 3.27. The summed E-state index contributed by atoms with van der Waals surface area (Å²) < 4.78 is 32.6. The minimum atomic E-state index is -3.70. The van der Waals surface area contributed by atoms with Gasteiger partial charge in [0.25, 0.3) is 10.0 Å². The Labute approximate surface area is 143 Å². The largest absolute Gasteiger partial charge is 0.497 e. The Morgan fingerprint density at radius 1 is 1.21 bits per heavy atom. The highest BCUT2D eigenvalue weighted by Gasteiger charge is 2.18. The van der Waals surface area contributed by atoms with E-state index in [2.05, 4.69) is 28.9 Å². The fraction of sp³-hybridized carbons (Fsp3) is 0.353. The van der Waals surface area contributed by atoms with Gasteiger partial charge >= 0.3 is 0 Å². The normalized spacial score (nSPS) is 11.4. The zero-order chi connectivity index (χ0) is 17.7. The quantitative estimate of drug-likeness (QED) is 0.802. The van der Waals surface area contributed by atoms with E-state index in [4.69, 9.17) is 4.74 Å². The summed E-state index contributed by atoms with van der Waals surface area (Å²) in [7, 11) is -2.15. The third kappa shape index (κ3) is 4.61. The summed E-state index contributed by atoms with van der Waals surface area (Å²) in [4.78, 5) is 4.35. The molecule has 2 aromatic rings. The number of hydrogen-bond acceptors (Lipinski definition) is 5.